The van der Waals surface area contributed by atoms with Gasteiger partial charge in [-0.2, -0.15) is 0 Å². The minimum atomic E-state index is -1.80. The molecule has 6 N–H and O–H groups in total. The highest BCUT2D eigenvalue weighted by atomic mass is 16.7. The number of hydrogen-bond acceptors (Lipinski definition) is 15. The van der Waals surface area contributed by atoms with Crippen molar-refractivity contribution in [1.29, 1.82) is 0 Å². The highest BCUT2D eigenvalue weighted by Gasteiger charge is 2.49. The molecule has 0 radical (unpaired) electrons. The van der Waals surface area contributed by atoms with E-state index in [2.05, 4.69) is 15.4 Å². The molecule has 1 spiro atoms. The third-order valence-corrected chi connectivity index (χ3v) is 12.5. The number of likely N-dealkylation sites (tertiary alicyclic amines) is 1. The predicted molar refractivity (Wildman–Crippen MR) is 218 cm³/mol. The Morgan fingerprint density at radius 1 is 0.983 bits per heavy atom. The van der Waals surface area contributed by atoms with Crippen molar-refractivity contribution in [3.8, 4) is 17.2 Å². The van der Waals surface area contributed by atoms with E-state index in [0.717, 1.165) is 0 Å². The summed E-state index contributed by atoms with van der Waals surface area (Å²) in [7, 11) is 3.48. The zero-order valence-corrected chi connectivity index (χ0v) is 35.3. The topological polar surface area (TPSA) is 225 Å². The van der Waals surface area contributed by atoms with E-state index in [1.54, 1.807) is 65.8 Å². The molecular formula is C43H57N5O11. The van der Waals surface area contributed by atoms with Gasteiger partial charge in [0, 0.05) is 87.1 Å². The first kappa shape index (κ1) is 43.5. The summed E-state index contributed by atoms with van der Waals surface area (Å²) in [5.41, 5.74) is -0.430. The number of nitrogens with one attached hydrogen (secondary N) is 1. The second-order valence-electron chi connectivity index (χ2n) is 16.7. The molecule has 320 valence electrons. The van der Waals surface area contributed by atoms with Gasteiger partial charge >= 0.3 is 5.97 Å². The number of esters is 1. The van der Waals surface area contributed by atoms with E-state index in [1.165, 1.54) is 27.2 Å². The normalized spacial score (nSPS) is 33.9. The van der Waals surface area contributed by atoms with Crippen LogP contribution >= 0.6 is 0 Å². The number of carbonyl (C=O) groups is 2. The zero-order valence-electron chi connectivity index (χ0n) is 35.3. The molecular weight excluding hydrogens is 762 g/mol. The van der Waals surface area contributed by atoms with Crippen LogP contribution in [0.5, 0.6) is 17.2 Å². The van der Waals surface area contributed by atoms with Crippen molar-refractivity contribution < 1.29 is 54.2 Å². The van der Waals surface area contributed by atoms with Crippen LogP contribution in [0.15, 0.2) is 51.3 Å². The van der Waals surface area contributed by atoms with E-state index in [-0.39, 0.29) is 61.1 Å². The summed E-state index contributed by atoms with van der Waals surface area (Å²) in [4.78, 5) is 38.6. The van der Waals surface area contributed by atoms with Gasteiger partial charge in [0.25, 0.3) is 11.7 Å². The number of fused-ring (bicyclic) bond motifs is 1. The highest BCUT2D eigenvalue weighted by Crippen LogP contribution is 2.50. The van der Waals surface area contributed by atoms with Crippen LogP contribution in [-0.4, -0.2) is 111 Å². The zero-order chi connectivity index (χ0) is 43.3. The Labute approximate surface area is 343 Å². The second-order valence-corrected chi connectivity index (χ2v) is 16.7. The first-order chi connectivity index (χ1) is 27.8. The molecule has 2 aromatic carbocycles. The van der Waals surface area contributed by atoms with E-state index in [1.807, 2.05) is 7.05 Å². The number of aromatic hydroxyl groups is 2. The van der Waals surface area contributed by atoms with Crippen molar-refractivity contribution in [1.82, 2.24) is 4.90 Å². The van der Waals surface area contributed by atoms with Crippen LogP contribution in [-0.2, 0) is 23.8 Å². The van der Waals surface area contributed by atoms with Crippen LogP contribution < -0.4 is 20.8 Å². The van der Waals surface area contributed by atoms with Crippen molar-refractivity contribution in [3.63, 3.8) is 0 Å². The molecule has 16 heteroatoms. The molecule has 16 nitrogen and oxygen atoms in total. The Kier molecular flexibility index (Phi) is 12.2. The maximum atomic E-state index is 13.8. The lowest BCUT2D eigenvalue weighted by atomic mass is 9.78. The lowest BCUT2D eigenvalue weighted by Gasteiger charge is -2.38. The van der Waals surface area contributed by atoms with Gasteiger partial charge in [-0.15, -0.1) is 0 Å². The van der Waals surface area contributed by atoms with Crippen molar-refractivity contribution in [2.24, 2.45) is 38.8 Å². The number of anilines is 1. The van der Waals surface area contributed by atoms with E-state index in [4.69, 9.17) is 28.9 Å². The summed E-state index contributed by atoms with van der Waals surface area (Å²) in [5.74, 6) is -6.01. The molecule has 0 saturated carbocycles. The monoisotopic (exact) mass is 819 g/mol. The summed E-state index contributed by atoms with van der Waals surface area (Å²) in [6.07, 6.45) is 5.11. The molecule has 9 atom stereocenters. The standard InChI is InChI=1S/C43H57N5O11/c1-20-12-11-13-21(2)41(54)44-33-32-31(45-43(46-32)15-17-48(9)18-16-43)28-29(37(33)53)36(52)25(6)39-30(28)40(47-55)42(8,59-39)57-19-14-27(56-10)22(3)38(58-26(7)49)24(5)35(51)23(4)34(20)50/h11-14,19-20,22-24,27,34-35,38,50-53,55H,15-18H2,1-10H3,(H,44,54)/b12-11+,19-14+,21-13-,47-40-. The molecule has 9 unspecified atom stereocenters. The number of aliphatic hydroxyl groups excluding tert-OH is 2. The van der Waals surface area contributed by atoms with Gasteiger partial charge in [-0.1, -0.05) is 51.1 Å². The van der Waals surface area contributed by atoms with Crippen LogP contribution in [0.25, 0.3) is 10.8 Å². The number of allylic oxidation sites excluding steroid dienone is 2. The fourth-order valence-electron chi connectivity index (χ4n) is 8.72. The number of piperidine rings is 1. The molecule has 6 rings (SSSR count). The summed E-state index contributed by atoms with van der Waals surface area (Å²) in [6.45, 7) is 14.4. The van der Waals surface area contributed by atoms with Gasteiger partial charge in [-0.05, 0) is 27.0 Å². The third kappa shape index (κ3) is 7.78. The largest absolute Gasteiger partial charge is 0.507 e. The molecule has 0 aromatic heterocycles. The molecule has 4 aliphatic rings. The minimum Gasteiger partial charge on any atom is -0.507 e. The van der Waals surface area contributed by atoms with E-state index < -0.39 is 77.2 Å². The Bertz CT molecular complexity index is 2260. The molecule has 0 aliphatic carbocycles. The minimum absolute atomic E-state index is 0.0475. The number of rotatable bonds is 2. The molecule has 1 saturated heterocycles. The summed E-state index contributed by atoms with van der Waals surface area (Å²) in [6, 6.07) is 0. The average molecular weight is 820 g/mol. The number of phenols is 2. The number of amides is 1. The molecule has 1 fully saturated rings. The number of oxime groups is 1. The van der Waals surface area contributed by atoms with E-state index in [0.29, 0.717) is 25.9 Å². The van der Waals surface area contributed by atoms with Gasteiger partial charge in [0.05, 0.1) is 40.9 Å². The van der Waals surface area contributed by atoms with E-state index >= 15 is 0 Å². The number of phenolic OH excluding ortho intramolecular Hbond substituents is 2. The molecule has 2 aromatic rings. The predicted octanol–water partition coefficient (Wildman–Crippen LogP) is 3.72. The second kappa shape index (κ2) is 16.6. The average Bonchev–Trinajstić information content (AvgIpc) is 3.72. The lowest BCUT2D eigenvalue weighted by molar-refractivity contribution is -0.160. The SMILES string of the molecule is COC1/C=C/OC2(C)Oc3c(C)c(O)c4c(O)c(c5c(c4c3/C2=N/O)=NC2(CCN(C)CC2)N=5)NC(=O)/C(C)=C\C=C\C(C)C(O)C(C)C(O)C(C)C(OC(C)=O)C1C. The first-order valence-electron chi connectivity index (χ1n) is 20.0. The molecule has 4 bridgehead atoms. The molecule has 1 amide bonds. The van der Waals surface area contributed by atoms with Crippen LogP contribution in [0.2, 0.25) is 0 Å². The van der Waals surface area contributed by atoms with Crippen LogP contribution in [0.4, 0.5) is 5.69 Å². The van der Waals surface area contributed by atoms with Gasteiger partial charge in [-0.3, -0.25) is 19.6 Å². The number of nitrogens with zero attached hydrogens (tertiary/aromatic N) is 4. The molecule has 59 heavy (non-hydrogen) atoms. The molecule has 4 aliphatic heterocycles. The number of hydrogen-bond donors (Lipinski definition) is 6. The van der Waals surface area contributed by atoms with Gasteiger partial charge in [-0.25, -0.2) is 0 Å². The number of benzene rings is 2. The van der Waals surface area contributed by atoms with Crippen molar-refractivity contribution >= 4 is 34.0 Å². The van der Waals surface area contributed by atoms with Gasteiger partial charge in [0.2, 0.25) is 0 Å². The third-order valence-electron chi connectivity index (χ3n) is 12.5. The Morgan fingerprint density at radius 3 is 2.27 bits per heavy atom. The maximum Gasteiger partial charge on any atom is 0.302 e. The fraction of sp³-hybridized carbons (Fsp3) is 0.558. The number of methoxy groups -OCH3 is 1. The first-order valence-corrected chi connectivity index (χ1v) is 20.0. The molecule has 4 heterocycles. The fourth-order valence-corrected chi connectivity index (χ4v) is 8.72. The number of aliphatic hydroxyl groups is 2. The lowest BCUT2D eigenvalue weighted by Crippen LogP contribution is -2.46. The van der Waals surface area contributed by atoms with Crippen LogP contribution in [0, 0.1) is 30.6 Å². The van der Waals surface area contributed by atoms with Gasteiger partial charge in [0.1, 0.15) is 28.6 Å². The van der Waals surface area contributed by atoms with Gasteiger partial charge in [0.15, 0.2) is 17.1 Å². The van der Waals surface area contributed by atoms with Crippen molar-refractivity contribution in [2.75, 3.05) is 32.6 Å². The Balaban J connectivity index is 1.57. The highest BCUT2D eigenvalue weighted by molar-refractivity contribution is 6.21. The summed E-state index contributed by atoms with van der Waals surface area (Å²) < 4.78 is 24.2. The van der Waals surface area contributed by atoms with Crippen molar-refractivity contribution in [2.45, 2.75) is 104 Å². The summed E-state index contributed by atoms with van der Waals surface area (Å²) in [5, 5.41) is 64.6. The summed E-state index contributed by atoms with van der Waals surface area (Å²) >= 11 is 0. The quantitative estimate of drug-likeness (QED) is 0.110. The maximum absolute atomic E-state index is 13.8. The van der Waals surface area contributed by atoms with Crippen molar-refractivity contribution in [3.05, 3.63) is 58.0 Å². The van der Waals surface area contributed by atoms with Gasteiger partial charge < -0.3 is 54.8 Å². The Morgan fingerprint density at radius 2 is 1.64 bits per heavy atom. The number of ether oxygens (including phenoxy) is 4. The Hall–Kier alpha value is -5.03. The number of carbonyl (C=O) groups excluding carboxylic acids is 2. The van der Waals surface area contributed by atoms with E-state index in [9.17, 15) is 35.2 Å². The van der Waals surface area contributed by atoms with Crippen LogP contribution in [0.3, 0.4) is 0 Å². The smallest absolute Gasteiger partial charge is 0.302 e. The van der Waals surface area contributed by atoms with Crippen LogP contribution in [0.1, 0.15) is 72.4 Å².